The number of hydrogen-bond donors (Lipinski definition) is 3. The molecule has 0 saturated heterocycles. The fourth-order valence-corrected chi connectivity index (χ4v) is 2.00. The lowest BCUT2D eigenvalue weighted by molar-refractivity contribution is -0.124. The van der Waals surface area contributed by atoms with E-state index in [9.17, 15) is 9.59 Å². The number of hydrazone groups is 1. The van der Waals surface area contributed by atoms with E-state index >= 15 is 0 Å². The highest BCUT2D eigenvalue weighted by Gasteiger charge is 2.04. The van der Waals surface area contributed by atoms with Gasteiger partial charge in [0.25, 0.3) is 11.8 Å². The molecule has 26 heavy (non-hydrogen) atoms. The zero-order chi connectivity index (χ0) is 18.6. The number of amides is 2. The largest absolute Gasteiger partial charge is 0.371 e. The molecule has 0 aliphatic carbocycles. The Morgan fingerprint density at radius 3 is 2.69 bits per heavy atom. The minimum absolute atomic E-state index is 0.272. The van der Waals surface area contributed by atoms with E-state index < -0.39 is 5.91 Å². The summed E-state index contributed by atoms with van der Waals surface area (Å²) in [5.41, 5.74) is 5.98. The molecule has 2 rings (SSSR count). The molecule has 0 aliphatic rings. The lowest BCUT2D eigenvalue weighted by atomic mass is 10.1. The highest BCUT2D eigenvalue weighted by atomic mass is 16.5. The number of carbonyl (C=O) groups excluding carboxylic acids is 2. The quantitative estimate of drug-likeness (QED) is 0.223. The average Bonchev–Trinajstić information content (AvgIpc) is 2.69. The minimum atomic E-state index is -0.653. The van der Waals surface area contributed by atoms with E-state index in [0.717, 1.165) is 11.6 Å². The third-order valence-corrected chi connectivity index (χ3v) is 3.25. The molecular formula is C19H19N3O4. The van der Waals surface area contributed by atoms with E-state index in [1.54, 1.807) is 24.3 Å². The zero-order valence-electron chi connectivity index (χ0n) is 14.0. The van der Waals surface area contributed by atoms with Crippen molar-refractivity contribution in [3.05, 3.63) is 77.4 Å². The van der Waals surface area contributed by atoms with E-state index in [-0.39, 0.29) is 12.5 Å². The lowest BCUT2D eigenvalue weighted by Gasteiger charge is -2.02. The van der Waals surface area contributed by atoms with Crippen molar-refractivity contribution in [3.63, 3.8) is 0 Å². The van der Waals surface area contributed by atoms with E-state index in [4.69, 9.17) is 9.94 Å². The van der Waals surface area contributed by atoms with Gasteiger partial charge in [-0.05, 0) is 29.3 Å². The molecule has 2 aromatic carbocycles. The van der Waals surface area contributed by atoms with Gasteiger partial charge in [0, 0.05) is 11.6 Å². The van der Waals surface area contributed by atoms with Crippen molar-refractivity contribution < 1.29 is 19.5 Å². The van der Waals surface area contributed by atoms with Crippen LogP contribution in [-0.2, 0) is 16.1 Å². The monoisotopic (exact) mass is 353 g/mol. The van der Waals surface area contributed by atoms with Crippen molar-refractivity contribution in [2.45, 2.75) is 6.61 Å². The molecule has 0 atom stereocenters. The molecule has 0 unspecified atom stereocenters. The number of rotatable bonds is 8. The second kappa shape index (κ2) is 10.5. The van der Waals surface area contributed by atoms with Crippen LogP contribution in [0.2, 0.25) is 0 Å². The van der Waals surface area contributed by atoms with Crippen LogP contribution >= 0.6 is 0 Å². The van der Waals surface area contributed by atoms with Crippen molar-refractivity contribution in [3.8, 4) is 0 Å². The molecule has 0 fully saturated rings. The topological polar surface area (TPSA) is 100 Å². The van der Waals surface area contributed by atoms with Gasteiger partial charge in [-0.25, -0.2) is 10.9 Å². The first-order chi connectivity index (χ1) is 12.7. The zero-order valence-corrected chi connectivity index (χ0v) is 14.0. The van der Waals surface area contributed by atoms with Crippen molar-refractivity contribution in [2.75, 3.05) is 6.61 Å². The van der Waals surface area contributed by atoms with Gasteiger partial charge in [-0.3, -0.25) is 14.8 Å². The van der Waals surface area contributed by atoms with Gasteiger partial charge in [-0.2, -0.15) is 5.10 Å². The first kappa shape index (κ1) is 19.0. The minimum Gasteiger partial charge on any atom is -0.371 e. The normalized spacial score (nSPS) is 11.0. The third-order valence-electron chi connectivity index (χ3n) is 3.25. The maximum atomic E-state index is 12.0. The molecular weight excluding hydrogens is 334 g/mol. The van der Waals surface area contributed by atoms with Gasteiger partial charge in [0.1, 0.15) is 0 Å². The van der Waals surface area contributed by atoms with E-state index in [1.165, 1.54) is 17.8 Å². The molecule has 0 radical (unpaired) electrons. The van der Waals surface area contributed by atoms with Crippen LogP contribution in [0.5, 0.6) is 0 Å². The molecule has 3 N–H and O–H groups in total. The fourth-order valence-electron chi connectivity index (χ4n) is 2.00. The molecule has 2 amide bonds. The summed E-state index contributed by atoms with van der Waals surface area (Å²) < 4.78 is 5.42. The van der Waals surface area contributed by atoms with Crippen molar-refractivity contribution in [2.24, 2.45) is 5.10 Å². The maximum Gasteiger partial charge on any atom is 0.271 e. The Bertz CT molecular complexity index is 788. The molecule has 7 heteroatoms. The molecule has 0 bridgehead atoms. The third kappa shape index (κ3) is 6.68. The first-order valence-electron chi connectivity index (χ1n) is 7.85. The van der Waals surface area contributed by atoms with Gasteiger partial charge in [0.05, 0.1) is 19.4 Å². The smallest absolute Gasteiger partial charge is 0.271 e. The van der Waals surface area contributed by atoms with Crippen LogP contribution in [0.25, 0.3) is 6.08 Å². The molecule has 0 saturated carbocycles. The molecule has 2 aromatic rings. The summed E-state index contributed by atoms with van der Waals surface area (Å²) in [6, 6.07) is 16.4. The second-order valence-corrected chi connectivity index (χ2v) is 5.19. The van der Waals surface area contributed by atoms with Crippen LogP contribution < -0.4 is 10.9 Å². The molecule has 0 spiro atoms. The fraction of sp³-hybridized carbons (Fsp3) is 0.105. The van der Waals surface area contributed by atoms with Gasteiger partial charge in [-0.15, -0.1) is 0 Å². The summed E-state index contributed by atoms with van der Waals surface area (Å²) in [4.78, 5) is 23.0. The van der Waals surface area contributed by atoms with Crippen molar-refractivity contribution in [1.82, 2.24) is 10.9 Å². The Balaban J connectivity index is 1.78. The number of hydrogen-bond acceptors (Lipinski definition) is 5. The number of benzene rings is 2. The number of carbonyl (C=O) groups is 2. The number of nitrogens with one attached hydrogen (secondary N) is 2. The molecule has 7 nitrogen and oxygen atoms in total. The van der Waals surface area contributed by atoms with Crippen LogP contribution in [0.15, 0.2) is 65.8 Å². The SMILES string of the molecule is O=C(C=Cc1cccc(C(=O)NN=CCOCc2ccccc2)c1)NO. The average molecular weight is 353 g/mol. The van der Waals surface area contributed by atoms with E-state index in [0.29, 0.717) is 17.7 Å². The molecule has 0 aromatic heterocycles. The Hall–Kier alpha value is -3.29. The second-order valence-electron chi connectivity index (χ2n) is 5.19. The molecule has 0 aliphatic heterocycles. The van der Waals surface area contributed by atoms with Crippen LogP contribution in [0, 0.1) is 0 Å². The molecule has 134 valence electrons. The number of ether oxygens (including phenoxy) is 1. The highest BCUT2D eigenvalue weighted by Crippen LogP contribution is 2.07. The number of nitrogens with zero attached hydrogens (tertiary/aromatic N) is 1. The highest BCUT2D eigenvalue weighted by molar-refractivity contribution is 5.95. The van der Waals surface area contributed by atoms with Crippen LogP contribution in [-0.4, -0.2) is 29.8 Å². The van der Waals surface area contributed by atoms with Crippen LogP contribution in [0.4, 0.5) is 0 Å². The summed E-state index contributed by atoms with van der Waals surface area (Å²) in [7, 11) is 0. The summed E-state index contributed by atoms with van der Waals surface area (Å²) in [5, 5.41) is 12.3. The van der Waals surface area contributed by atoms with Gasteiger partial charge in [0.2, 0.25) is 0 Å². The van der Waals surface area contributed by atoms with E-state index in [2.05, 4.69) is 10.5 Å². The van der Waals surface area contributed by atoms with Gasteiger partial charge >= 0.3 is 0 Å². The van der Waals surface area contributed by atoms with E-state index in [1.807, 2.05) is 30.3 Å². The maximum absolute atomic E-state index is 12.0. The van der Waals surface area contributed by atoms with Crippen molar-refractivity contribution >= 4 is 24.1 Å². The summed E-state index contributed by atoms with van der Waals surface area (Å²) >= 11 is 0. The Kier molecular flexibility index (Phi) is 7.73. The predicted octanol–water partition coefficient (Wildman–Crippen LogP) is 2.14. The first-order valence-corrected chi connectivity index (χ1v) is 7.85. The molecule has 0 heterocycles. The summed E-state index contributed by atoms with van der Waals surface area (Å²) in [6.45, 7) is 0.741. The summed E-state index contributed by atoms with van der Waals surface area (Å²) in [6.07, 6.45) is 4.10. The predicted molar refractivity (Wildman–Crippen MR) is 97.5 cm³/mol. The lowest BCUT2D eigenvalue weighted by Crippen LogP contribution is -2.18. The van der Waals surface area contributed by atoms with Gasteiger partial charge < -0.3 is 4.74 Å². The standard InChI is InChI=1S/C19H19N3O4/c23-18(22-25)10-9-15-7-4-8-17(13-15)19(24)21-20-11-12-26-14-16-5-2-1-3-6-16/h1-11,13,25H,12,14H2,(H,21,24)(H,22,23). The Morgan fingerprint density at radius 1 is 1.12 bits per heavy atom. The number of hydroxylamine groups is 1. The van der Waals surface area contributed by atoms with Crippen molar-refractivity contribution in [1.29, 1.82) is 0 Å². The summed E-state index contributed by atoms with van der Waals surface area (Å²) in [5.74, 6) is -1.04. The van der Waals surface area contributed by atoms with Crippen LogP contribution in [0.3, 0.4) is 0 Å². The van der Waals surface area contributed by atoms with Gasteiger partial charge in [-0.1, -0.05) is 42.5 Å². The van der Waals surface area contributed by atoms with Gasteiger partial charge in [0.15, 0.2) is 0 Å². The Labute approximate surface area is 151 Å². The van der Waals surface area contributed by atoms with Crippen LogP contribution in [0.1, 0.15) is 21.5 Å². The Morgan fingerprint density at radius 2 is 1.92 bits per heavy atom.